The van der Waals surface area contributed by atoms with E-state index in [1.165, 1.54) is 0 Å². The van der Waals surface area contributed by atoms with E-state index in [4.69, 9.17) is 22.0 Å². The van der Waals surface area contributed by atoms with Gasteiger partial charge in [-0.05, 0) is 84.6 Å². The fraction of sp³-hybridized carbons (Fsp3) is 0.214. The van der Waals surface area contributed by atoms with Gasteiger partial charge in [-0.25, -0.2) is 0 Å². The maximum atomic E-state index is 12.4. The molecule has 0 saturated heterocycles. The monoisotopic (exact) mass is 574 g/mol. The van der Waals surface area contributed by atoms with Gasteiger partial charge in [-0.1, -0.05) is 24.3 Å². The summed E-state index contributed by atoms with van der Waals surface area (Å²) in [6, 6.07) is 15.2. The zero-order valence-corrected chi connectivity index (χ0v) is 23.3. The predicted molar refractivity (Wildman–Crippen MR) is 166 cm³/mol. The fourth-order valence-electron chi connectivity index (χ4n) is 4.25. The molecular weight excluding hydrogens is 544 g/mol. The van der Waals surface area contributed by atoms with Crippen LogP contribution in [0.15, 0.2) is 65.9 Å². The van der Waals surface area contributed by atoms with Gasteiger partial charge >= 0.3 is 0 Å². The molecule has 0 radical (unpaired) electrons. The molecule has 40 heavy (non-hydrogen) atoms. The van der Waals surface area contributed by atoms with E-state index in [1.807, 2.05) is 60.9 Å². The number of carbonyl (C=O) groups excluding carboxylic acids is 2. The summed E-state index contributed by atoms with van der Waals surface area (Å²) in [7, 11) is 0. The molecule has 206 valence electrons. The van der Waals surface area contributed by atoms with E-state index in [0.717, 1.165) is 56.5 Å². The van der Waals surface area contributed by atoms with Crippen molar-refractivity contribution >= 4 is 77.6 Å². The number of benzene rings is 2. The average molecular weight is 575 g/mol. The molecule has 0 saturated carbocycles. The van der Waals surface area contributed by atoms with Crippen LogP contribution in [0.2, 0.25) is 0 Å². The molecule has 8 N–H and O–H groups in total. The van der Waals surface area contributed by atoms with Crippen molar-refractivity contribution in [2.75, 3.05) is 0 Å². The summed E-state index contributed by atoms with van der Waals surface area (Å²) in [4.78, 5) is 34.9. The van der Waals surface area contributed by atoms with Crippen molar-refractivity contribution in [1.82, 2.24) is 15.3 Å². The third-order valence-electron chi connectivity index (χ3n) is 6.06. The lowest BCUT2D eigenvalue weighted by Gasteiger charge is -2.08. The maximum absolute atomic E-state index is 12.4. The Labute approximate surface area is 239 Å². The number of amidine groups is 2. The number of fused-ring (bicyclic) bond motifs is 2. The van der Waals surface area contributed by atoms with Crippen molar-refractivity contribution < 1.29 is 9.59 Å². The van der Waals surface area contributed by atoms with Gasteiger partial charge < -0.3 is 21.0 Å². The Balaban J connectivity index is 1.11. The van der Waals surface area contributed by atoms with Crippen molar-refractivity contribution in [3.8, 4) is 0 Å². The van der Waals surface area contributed by atoms with Gasteiger partial charge in [0.05, 0.1) is 22.9 Å². The number of amides is 2. The molecule has 2 aromatic carbocycles. The van der Waals surface area contributed by atoms with Crippen molar-refractivity contribution in [3.63, 3.8) is 0 Å². The molecule has 0 aliphatic carbocycles. The minimum absolute atomic E-state index is 0.0384. The van der Waals surface area contributed by atoms with Gasteiger partial charge in [0.25, 0.3) is 5.91 Å². The lowest BCUT2D eigenvalue weighted by atomic mass is 10.1. The van der Waals surface area contributed by atoms with E-state index in [9.17, 15) is 9.59 Å². The summed E-state index contributed by atoms with van der Waals surface area (Å²) < 4.78 is 0. The van der Waals surface area contributed by atoms with Gasteiger partial charge in [-0.3, -0.25) is 25.8 Å². The van der Waals surface area contributed by atoms with Crippen LogP contribution in [0.3, 0.4) is 0 Å². The summed E-state index contributed by atoms with van der Waals surface area (Å²) in [6.07, 6.45) is 6.07. The highest BCUT2D eigenvalue weighted by molar-refractivity contribution is 8.26. The Morgan fingerprint density at radius 3 is 1.95 bits per heavy atom. The first kappa shape index (κ1) is 28.8. The molecule has 0 aliphatic heterocycles. The van der Waals surface area contributed by atoms with Crippen molar-refractivity contribution in [1.29, 1.82) is 16.2 Å². The van der Waals surface area contributed by atoms with Gasteiger partial charge in [-0.15, -0.1) is 0 Å². The molecule has 0 unspecified atom stereocenters. The number of hydrogen-bond acceptors (Lipinski definition) is 7. The van der Waals surface area contributed by atoms with Gasteiger partial charge in [-0.2, -0.15) is 4.99 Å². The van der Waals surface area contributed by atoms with Crippen LogP contribution in [0.4, 0.5) is 0 Å². The standard InChI is InChI=1S/C28H30N8O2S2/c29-23(39-27(31)35-25(37)15-17-5-3-7-21-19(17)11-13-33-21)9-1-2-10-24(30)40-28(32)36-26(38)16-18-6-4-8-22-20(18)12-14-34-22/h3-8,11-14,29-30,33-34H,1-2,9-10,15-16H2,(H2,31,35,37)(H2,32,36,38). The molecular formula is C28H30N8O2S2. The minimum atomic E-state index is -0.368. The largest absolute Gasteiger partial charge is 0.378 e. The summed E-state index contributed by atoms with van der Waals surface area (Å²) >= 11 is 1.88. The van der Waals surface area contributed by atoms with Crippen molar-refractivity contribution in [3.05, 3.63) is 72.1 Å². The number of aliphatic imine (C=N–C) groups is 1. The molecule has 0 fully saturated rings. The average Bonchev–Trinajstić information content (AvgIpc) is 3.57. The van der Waals surface area contributed by atoms with Crippen LogP contribution >= 0.6 is 23.5 Å². The summed E-state index contributed by atoms with van der Waals surface area (Å²) in [5.74, 6) is -0.670. The lowest BCUT2D eigenvalue weighted by molar-refractivity contribution is -0.119. The quantitative estimate of drug-likeness (QED) is 0.0809. The number of nitrogens with zero attached hydrogens (tertiary/aromatic N) is 1. The highest BCUT2D eigenvalue weighted by atomic mass is 32.2. The van der Waals surface area contributed by atoms with E-state index in [-0.39, 0.29) is 40.0 Å². The number of nitrogens with two attached hydrogens (primary N) is 1. The first-order valence-corrected chi connectivity index (χ1v) is 14.3. The first-order valence-electron chi connectivity index (χ1n) is 12.6. The topological polar surface area (TPSA) is 188 Å². The zero-order chi connectivity index (χ0) is 28.5. The zero-order valence-electron chi connectivity index (χ0n) is 21.7. The van der Waals surface area contributed by atoms with E-state index < -0.39 is 0 Å². The third-order valence-corrected chi connectivity index (χ3v) is 7.57. The molecule has 12 heteroatoms. The Kier molecular flexibility index (Phi) is 9.92. The van der Waals surface area contributed by atoms with Crippen LogP contribution in [0, 0.1) is 16.2 Å². The minimum Gasteiger partial charge on any atom is -0.378 e. The van der Waals surface area contributed by atoms with Gasteiger partial charge in [0.1, 0.15) is 0 Å². The van der Waals surface area contributed by atoms with Crippen LogP contribution in [0.1, 0.15) is 36.8 Å². The second kappa shape index (κ2) is 13.8. The van der Waals surface area contributed by atoms with Gasteiger partial charge in [0.2, 0.25) is 5.91 Å². The van der Waals surface area contributed by atoms with Crippen LogP contribution in [-0.2, 0) is 22.4 Å². The molecule has 0 atom stereocenters. The summed E-state index contributed by atoms with van der Waals surface area (Å²) in [6.45, 7) is 0. The lowest BCUT2D eigenvalue weighted by Crippen LogP contribution is -2.29. The SMILES string of the molecule is N=C(CCCCC(=N)SC(N)=NC(=O)Cc1cccc2[nH]ccc12)SC(=N)NC(=O)Cc1cccc2[nH]ccc12. The fourth-order valence-corrected chi connectivity index (χ4v) is 5.55. The Hall–Kier alpha value is -4.16. The maximum Gasteiger partial charge on any atom is 0.252 e. The molecule has 4 rings (SSSR count). The summed E-state index contributed by atoms with van der Waals surface area (Å²) in [5, 5.41) is 29.3. The van der Waals surface area contributed by atoms with E-state index in [0.29, 0.717) is 30.7 Å². The third kappa shape index (κ3) is 8.17. The van der Waals surface area contributed by atoms with Crippen LogP contribution in [0.5, 0.6) is 0 Å². The smallest absolute Gasteiger partial charge is 0.252 e. The van der Waals surface area contributed by atoms with E-state index in [2.05, 4.69) is 20.3 Å². The second-order valence-electron chi connectivity index (χ2n) is 9.04. The van der Waals surface area contributed by atoms with Crippen LogP contribution in [0.25, 0.3) is 21.8 Å². The molecule has 2 heterocycles. The highest BCUT2D eigenvalue weighted by Crippen LogP contribution is 2.20. The van der Waals surface area contributed by atoms with Crippen molar-refractivity contribution in [2.45, 2.75) is 38.5 Å². The molecule has 0 aliphatic rings. The van der Waals surface area contributed by atoms with Gasteiger partial charge in [0.15, 0.2) is 10.3 Å². The Morgan fingerprint density at radius 1 is 0.800 bits per heavy atom. The number of aromatic nitrogens is 2. The summed E-state index contributed by atoms with van der Waals surface area (Å²) in [5.41, 5.74) is 9.52. The van der Waals surface area contributed by atoms with Crippen molar-refractivity contribution in [2.24, 2.45) is 10.7 Å². The molecule has 2 aromatic heterocycles. The number of thioether (sulfide) groups is 2. The number of unbranched alkanes of at least 4 members (excludes halogenated alkanes) is 1. The Bertz CT molecular complexity index is 1600. The van der Waals surface area contributed by atoms with E-state index >= 15 is 0 Å². The number of carbonyl (C=O) groups is 2. The first-order chi connectivity index (χ1) is 19.3. The molecule has 0 bridgehead atoms. The molecule has 10 nitrogen and oxygen atoms in total. The predicted octanol–water partition coefficient (Wildman–Crippen LogP) is 5.31. The van der Waals surface area contributed by atoms with Gasteiger partial charge in [0, 0.05) is 34.2 Å². The number of nitrogens with one attached hydrogen (secondary N) is 6. The molecule has 4 aromatic rings. The highest BCUT2D eigenvalue weighted by Gasteiger charge is 2.12. The number of H-pyrrole nitrogens is 2. The normalized spacial score (nSPS) is 11.6. The van der Waals surface area contributed by atoms with E-state index in [1.54, 1.807) is 0 Å². The molecule has 0 spiro atoms. The number of aromatic amines is 2. The van der Waals surface area contributed by atoms with Crippen LogP contribution in [-0.4, -0.2) is 42.2 Å². The van der Waals surface area contributed by atoms with Crippen LogP contribution < -0.4 is 11.1 Å². The number of hydrogen-bond donors (Lipinski definition) is 7. The molecule has 2 amide bonds. The second-order valence-corrected chi connectivity index (χ2v) is 11.3. The number of rotatable bonds is 9. The Morgan fingerprint density at radius 2 is 1.35 bits per heavy atom.